The molecule has 0 aliphatic heterocycles. The molecule has 1 aromatic carbocycles. The lowest BCUT2D eigenvalue weighted by atomic mass is 10.1. The van der Waals surface area contributed by atoms with Crippen LogP contribution >= 0.6 is 11.3 Å². The number of hydrogen-bond donors (Lipinski definition) is 2. The van der Waals surface area contributed by atoms with Crippen molar-refractivity contribution >= 4 is 17.2 Å². The topological polar surface area (TPSA) is 87.7 Å². The first-order valence-corrected chi connectivity index (χ1v) is 9.63. The highest BCUT2D eigenvalue weighted by atomic mass is 32.1. The van der Waals surface area contributed by atoms with Crippen molar-refractivity contribution in [3.63, 3.8) is 0 Å². The summed E-state index contributed by atoms with van der Waals surface area (Å²) < 4.78 is 37.9. The van der Waals surface area contributed by atoms with Crippen LogP contribution in [0.3, 0.4) is 0 Å². The Morgan fingerprint density at radius 1 is 1.10 bits per heavy atom. The second kappa shape index (κ2) is 8.99. The maximum Gasteiger partial charge on any atom is 0.416 e. The fourth-order valence-corrected chi connectivity index (χ4v) is 3.28. The first kappa shape index (κ1) is 20.7. The third-order valence-electron chi connectivity index (χ3n) is 4.11. The fraction of sp³-hybridized carbons (Fsp3) is 0.263. The number of carbonyl (C=O) groups excluding carboxylic acids is 1. The molecule has 3 aromatic rings. The average molecular weight is 422 g/mol. The fourth-order valence-electron chi connectivity index (χ4n) is 2.57. The van der Waals surface area contributed by atoms with E-state index < -0.39 is 17.3 Å². The zero-order valence-corrected chi connectivity index (χ0v) is 15.9. The number of amides is 1. The van der Waals surface area contributed by atoms with Gasteiger partial charge in [0.25, 0.3) is 5.56 Å². The van der Waals surface area contributed by atoms with Crippen molar-refractivity contribution < 1.29 is 18.0 Å². The average Bonchev–Trinajstić information content (AvgIpc) is 3.20. The van der Waals surface area contributed by atoms with Crippen LogP contribution in [0.5, 0.6) is 0 Å². The van der Waals surface area contributed by atoms with Crippen molar-refractivity contribution in [2.75, 3.05) is 6.54 Å². The van der Waals surface area contributed by atoms with Crippen LogP contribution in [0.15, 0.2) is 46.6 Å². The van der Waals surface area contributed by atoms with E-state index in [1.807, 2.05) is 17.5 Å². The van der Waals surface area contributed by atoms with Gasteiger partial charge in [-0.25, -0.2) is 0 Å². The summed E-state index contributed by atoms with van der Waals surface area (Å²) >= 11 is 1.62. The van der Waals surface area contributed by atoms with Crippen molar-refractivity contribution in [2.45, 2.75) is 25.4 Å². The van der Waals surface area contributed by atoms with Gasteiger partial charge in [-0.05, 0) is 30.0 Å². The van der Waals surface area contributed by atoms with E-state index in [9.17, 15) is 22.8 Å². The molecule has 0 aliphatic rings. The maximum absolute atomic E-state index is 12.6. The first-order valence-electron chi connectivity index (χ1n) is 8.75. The van der Waals surface area contributed by atoms with Crippen LogP contribution in [0.4, 0.5) is 13.2 Å². The van der Waals surface area contributed by atoms with Crippen LogP contribution in [0.1, 0.15) is 22.6 Å². The van der Waals surface area contributed by atoms with Crippen LogP contribution in [0.25, 0.3) is 11.4 Å². The Bertz CT molecular complexity index is 1020. The second-order valence-electron chi connectivity index (χ2n) is 6.20. The van der Waals surface area contributed by atoms with Crippen molar-refractivity contribution in [3.05, 3.63) is 68.3 Å². The van der Waals surface area contributed by atoms with Gasteiger partial charge in [-0.3, -0.25) is 9.59 Å². The van der Waals surface area contributed by atoms with Crippen molar-refractivity contribution in [1.29, 1.82) is 0 Å². The Kier molecular flexibility index (Phi) is 6.42. The number of halogens is 3. The van der Waals surface area contributed by atoms with E-state index in [1.165, 1.54) is 17.0 Å². The quantitative estimate of drug-likeness (QED) is 0.612. The number of aromatic amines is 1. The van der Waals surface area contributed by atoms with Crippen LogP contribution in [0.2, 0.25) is 0 Å². The number of hydrogen-bond acceptors (Lipinski definition) is 5. The number of thiophene rings is 1. The molecule has 152 valence electrons. The summed E-state index contributed by atoms with van der Waals surface area (Å²) in [7, 11) is 0. The number of alkyl halides is 3. The lowest BCUT2D eigenvalue weighted by Gasteiger charge is -2.07. The normalized spacial score (nSPS) is 11.4. The number of nitrogens with zero attached hydrogens (tertiary/aromatic N) is 2. The van der Waals surface area contributed by atoms with Gasteiger partial charge in [0, 0.05) is 29.8 Å². The smallest absolute Gasteiger partial charge is 0.356 e. The molecular weight excluding hydrogens is 405 g/mol. The number of H-pyrrole nitrogens is 1. The van der Waals surface area contributed by atoms with Crippen LogP contribution in [-0.2, 0) is 23.8 Å². The highest BCUT2D eigenvalue weighted by molar-refractivity contribution is 7.09. The monoisotopic (exact) mass is 422 g/mol. The molecule has 0 saturated carbocycles. The lowest BCUT2D eigenvalue weighted by Crippen LogP contribution is -2.27. The van der Waals surface area contributed by atoms with Gasteiger partial charge < -0.3 is 10.3 Å². The molecule has 1 amide bonds. The van der Waals surface area contributed by atoms with E-state index in [0.29, 0.717) is 12.1 Å². The minimum absolute atomic E-state index is 0.0628. The Morgan fingerprint density at radius 2 is 1.86 bits per heavy atom. The maximum atomic E-state index is 12.6. The van der Waals surface area contributed by atoms with Crippen molar-refractivity contribution in [2.24, 2.45) is 0 Å². The Labute approximate surface area is 167 Å². The lowest BCUT2D eigenvalue weighted by molar-refractivity contribution is -0.137. The van der Waals surface area contributed by atoms with Gasteiger partial charge in [-0.15, -0.1) is 21.5 Å². The number of rotatable bonds is 7. The van der Waals surface area contributed by atoms with Crippen LogP contribution in [-0.4, -0.2) is 27.6 Å². The third-order valence-corrected chi connectivity index (χ3v) is 5.05. The molecule has 2 heterocycles. The summed E-state index contributed by atoms with van der Waals surface area (Å²) in [6, 6.07) is 8.17. The van der Waals surface area contributed by atoms with E-state index in [-0.39, 0.29) is 30.3 Å². The molecule has 29 heavy (non-hydrogen) atoms. The molecule has 0 bridgehead atoms. The number of nitrogens with one attached hydrogen (secondary N) is 2. The van der Waals surface area contributed by atoms with E-state index in [2.05, 4.69) is 20.5 Å². The minimum atomic E-state index is -4.44. The molecule has 0 fully saturated rings. The van der Waals surface area contributed by atoms with Crippen molar-refractivity contribution in [3.8, 4) is 11.4 Å². The van der Waals surface area contributed by atoms with Gasteiger partial charge in [0.1, 0.15) is 5.69 Å². The summed E-state index contributed by atoms with van der Waals surface area (Å²) in [4.78, 5) is 27.7. The number of carbonyl (C=O) groups is 1. The zero-order chi connectivity index (χ0) is 20.9. The van der Waals surface area contributed by atoms with Gasteiger partial charge in [0.15, 0.2) is 5.82 Å². The second-order valence-corrected chi connectivity index (χ2v) is 7.24. The largest absolute Gasteiger partial charge is 0.416 e. The van der Waals surface area contributed by atoms with Gasteiger partial charge in [0.05, 0.1) is 5.56 Å². The predicted octanol–water partition coefficient (Wildman–Crippen LogP) is 3.20. The highest BCUT2D eigenvalue weighted by Gasteiger charge is 2.30. The minimum Gasteiger partial charge on any atom is -0.356 e. The highest BCUT2D eigenvalue weighted by Crippen LogP contribution is 2.30. The zero-order valence-electron chi connectivity index (χ0n) is 15.1. The van der Waals surface area contributed by atoms with E-state index in [4.69, 9.17) is 0 Å². The first-order chi connectivity index (χ1) is 13.8. The number of benzene rings is 1. The summed E-state index contributed by atoms with van der Waals surface area (Å²) in [6.07, 6.45) is -3.50. The molecule has 2 aromatic heterocycles. The van der Waals surface area contributed by atoms with E-state index in [0.717, 1.165) is 18.6 Å². The number of aryl methyl sites for hydroxylation is 1. The Balaban J connectivity index is 1.55. The Hall–Kier alpha value is -3.01. The molecule has 0 spiro atoms. The SMILES string of the molecule is O=C(CCc1nnc(-c2ccc(C(F)(F)F)cc2)[nH]c1=O)NCCc1cccs1. The number of aromatic nitrogens is 3. The third kappa shape index (κ3) is 5.74. The molecule has 10 heteroatoms. The Morgan fingerprint density at radius 3 is 2.48 bits per heavy atom. The molecule has 0 aliphatic carbocycles. The van der Waals surface area contributed by atoms with Gasteiger partial charge in [-0.2, -0.15) is 13.2 Å². The molecule has 0 radical (unpaired) electrons. The molecule has 2 N–H and O–H groups in total. The summed E-state index contributed by atoms with van der Waals surface area (Å²) in [5.74, 6) is -0.137. The van der Waals surface area contributed by atoms with E-state index in [1.54, 1.807) is 11.3 Å². The molecule has 0 saturated heterocycles. The van der Waals surface area contributed by atoms with Gasteiger partial charge in [0.2, 0.25) is 5.91 Å². The molecule has 6 nitrogen and oxygen atoms in total. The molecule has 0 unspecified atom stereocenters. The molecule has 0 atom stereocenters. The van der Waals surface area contributed by atoms with Gasteiger partial charge in [-0.1, -0.05) is 18.2 Å². The van der Waals surface area contributed by atoms with Crippen LogP contribution < -0.4 is 10.9 Å². The summed E-state index contributed by atoms with van der Waals surface area (Å²) in [5, 5.41) is 12.4. The molecule has 3 rings (SSSR count). The van der Waals surface area contributed by atoms with Gasteiger partial charge >= 0.3 is 6.18 Å². The van der Waals surface area contributed by atoms with E-state index >= 15 is 0 Å². The summed E-state index contributed by atoms with van der Waals surface area (Å²) in [5.41, 5.74) is -0.922. The van der Waals surface area contributed by atoms with Crippen molar-refractivity contribution in [1.82, 2.24) is 20.5 Å². The summed E-state index contributed by atoms with van der Waals surface area (Å²) in [6.45, 7) is 0.508. The van der Waals surface area contributed by atoms with Crippen LogP contribution in [0, 0.1) is 0 Å². The predicted molar refractivity (Wildman–Crippen MR) is 102 cm³/mol. The standard InChI is InChI=1S/C19H17F3N4O2S/c20-19(21,22)13-5-3-12(4-6-13)17-24-18(28)15(25-26-17)7-8-16(27)23-10-9-14-2-1-11-29-14/h1-6,11H,7-10H2,(H,23,27)(H,24,26,28). The molecular formula is C19H17F3N4O2S.